The summed E-state index contributed by atoms with van der Waals surface area (Å²) in [5.74, 6) is 0.319. The number of piperidine rings is 1. The number of rotatable bonds is 4. The molecule has 1 aromatic carbocycles. The number of likely N-dealkylation sites (tertiary alicyclic amines) is 1. The van der Waals surface area contributed by atoms with Crippen LogP contribution in [0.3, 0.4) is 0 Å². The minimum atomic E-state index is -0.0657. The van der Waals surface area contributed by atoms with Gasteiger partial charge >= 0.3 is 0 Å². The van der Waals surface area contributed by atoms with Gasteiger partial charge in [0.05, 0.1) is 11.9 Å². The highest BCUT2D eigenvalue weighted by Crippen LogP contribution is 2.28. The summed E-state index contributed by atoms with van der Waals surface area (Å²) in [5.41, 5.74) is 3.68. The minimum Gasteiger partial charge on any atom is -0.345 e. The van der Waals surface area contributed by atoms with E-state index < -0.39 is 0 Å². The Balaban J connectivity index is 1.59. The summed E-state index contributed by atoms with van der Waals surface area (Å²) in [6, 6.07) is 12.6. The Hall–Kier alpha value is -2.73. The van der Waals surface area contributed by atoms with Gasteiger partial charge in [-0.3, -0.25) is 9.69 Å². The molecule has 1 saturated heterocycles. The average Bonchev–Trinajstić information content (AvgIpc) is 3.12. The van der Waals surface area contributed by atoms with Crippen LogP contribution in [0.4, 0.5) is 0 Å². The summed E-state index contributed by atoms with van der Waals surface area (Å²) in [6.45, 7) is 3.07. The Bertz CT molecular complexity index is 934. The quantitative estimate of drug-likeness (QED) is 0.715. The van der Waals surface area contributed by atoms with Crippen molar-refractivity contribution >= 4 is 11.6 Å². The highest BCUT2D eigenvalue weighted by Gasteiger charge is 2.25. The predicted molar refractivity (Wildman–Crippen MR) is 105 cm³/mol. The Labute approximate surface area is 159 Å². The number of aromatic nitrogens is 3. The Morgan fingerprint density at radius 1 is 1.22 bits per heavy atom. The first kappa shape index (κ1) is 17.7. The zero-order valence-electron chi connectivity index (χ0n) is 15.9. The van der Waals surface area contributed by atoms with E-state index in [9.17, 15) is 4.79 Å². The molecule has 140 valence electrons. The molecule has 27 heavy (non-hydrogen) atoms. The summed E-state index contributed by atoms with van der Waals surface area (Å²) in [6.07, 6.45) is 5.72. The molecule has 0 bridgehead atoms. The van der Waals surface area contributed by atoms with Gasteiger partial charge in [0.25, 0.3) is 5.91 Å². The highest BCUT2D eigenvalue weighted by molar-refractivity contribution is 5.99. The summed E-state index contributed by atoms with van der Waals surface area (Å²) in [7, 11) is 3.50. The molecule has 0 radical (unpaired) electrons. The molecule has 3 heterocycles. The molecule has 1 atom stereocenters. The molecule has 1 unspecified atom stereocenters. The second-order valence-corrected chi connectivity index (χ2v) is 7.42. The topological polar surface area (TPSA) is 53.7 Å². The van der Waals surface area contributed by atoms with Crippen LogP contribution in [0, 0.1) is 0 Å². The van der Waals surface area contributed by atoms with Crippen molar-refractivity contribution in [1.29, 1.82) is 0 Å². The third-order valence-corrected chi connectivity index (χ3v) is 5.24. The summed E-state index contributed by atoms with van der Waals surface area (Å²) < 4.78 is 1.85. The zero-order valence-corrected chi connectivity index (χ0v) is 15.9. The number of carbonyl (C=O) groups is 1. The normalized spacial score (nSPS) is 17.9. The number of carbonyl (C=O) groups excluding carboxylic acids is 1. The van der Waals surface area contributed by atoms with Crippen molar-refractivity contribution in [2.45, 2.75) is 25.3 Å². The van der Waals surface area contributed by atoms with E-state index >= 15 is 0 Å². The predicted octanol–water partition coefficient (Wildman–Crippen LogP) is 2.81. The molecule has 3 aromatic rings. The van der Waals surface area contributed by atoms with Crippen LogP contribution < -0.4 is 0 Å². The van der Waals surface area contributed by atoms with Crippen LogP contribution in [0.2, 0.25) is 0 Å². The molecule has 2 aromatic heterocycles. The molecule has 0 aliphatic carbocycles. The van der Waals surface area contributed by atoms with Crippen LogP contribution in [0.15, 0.2) is 48.8 Å². The lowest BCUT2D eigenvalue weighted by Gasteiger charge is -2.33. The minimum absolute atomic E-state index is 0.0657. The van der Waals surface area contributed by atoms with Gasteiger partial charge in [-0.25, -0.2) is 9.50 Å². The van der Waals surface area contributed by atoms with Gasteiger partial charge in [0, 0.05) is 39.3 Å². The zero-order chi connectivity index (χ0) is 18.8. The molecule has 1 amide bonds. The van der Waals surface area contributed by atoms with E-state index in [0.29, 0.717) is 17.1 Å². The maximum atomic E-state index is 12.4. The molecule has 1 aliphatic heterocycles. The van der Waals surface area contributed by atoms with Crippen LogP contribution in [0.5, 0.6) is 0 Å². The van der Waals surface area contributed by atoms with Crippen LogP contribution in [-0.2, 0) is 6.54 Å². The van der Waals surface area contributed by atoms with E-state index in [1.165, 1.54) is 5.56 Å². The van der Waals surface area contributed by atoms with Gasteiger partial charge in [-0.2, -0.15) is 5.10 Å². The number of hydrogen-bond donors (Lipinski definition) is 0. The molecule has 6 heteroatoms. The molecule has 6 nitrogen and oxygen atoms in total. The van der Waals surface area contributed by atoms with Crippen LogP contribution in [0.1, 0.15) is 40.4 Å². The molecule has 0 saturated carbocycles. The lowest BCUT2D eigenvalue weighted by molar-refractivity contribution is 0.0829. The van der Waals surface area contributed by atoms with Crippen molar-refractivity contribution in [1.82, 2.24) is 24.4 Å². The van der Waals surface area contributed by atoms with Gasteiger partial charge in [0.2, 0.25) is 0 Å². The van der Waals surface area contributed by atoms with Gasteiger partial charge in [-0.1, -0.05) is 30.3 Å². The standard InChI is InChI=1S/C21H25N5O/c1-24(2)21(27)18-13-23-26-19(10-11-22-20(18)26)17-9-6-12-25(15-17)14-16-7-4-3-5-8-16/h3-5,7-8,10-11,13,17H,6,9,12,14-15H2,1-2H3. The molecule has 1 fully saturated rings. The van der Waals surface area contributed by atoms with Crippen molar-refractivity contribution in [3.8, 4) is 0 Å². The van der Waals surface area contributed by atoms with Crippen molar-refractivity contribution < 1.29 is 4.79 Å². The summed E-state index contributed by atoms with van der Waals surface area (Å²) in [5, 5.41) is 4.49. The fourth-order valence-corrected chi connectivity index (χ4v) is 3.89. The highest BCUT2D eigenvalue weighted by atomic mass is 16.2. The van der Waals surface area contributed by atoms with E-state index in [4.69, 9.17) is 0 Å². The van der Waals surface area contributed by atoms with E-state index in [0.717, 1.165) is 38.2 Å². The van der Waals surface area contributed by atoms with Crippen LogP contribution in [-0.4, -0.2) is 57.5 Å². The van der Waals surface area contributed by atoms with Crippen molar-refractivity contribution in [3.63, 3.8) is 0 Å². The fraction of sp³-hybridized carbons (Fsp3) is 0.381. The van der Waals surface area contributed by atoms with Gasteiger partial charge in [-0.05, 0) is 31.0 Å². The number of nitrogens with zero attached hydrogens (tertiary/aromatic N) is 5. The Morgan fingerprint density at radius 3 is 2.81 bits per heavy atom. The van der Waals surface area contributed by atoms with Crippen LogP contribution in [0.25, 0.3) is 5.65 Å². The maximum absolute atomic E-state index is 12.4. The van der Waals surface area contributed by atoms with Gasteiger partial charge < -0.3 is 4.90 Å². The average molecular weight is 363 g/mol. The molecule has 1 aliphatic rings. The van der Waals surface area contributed by atoms with E-state index in [1.807, 2.05) is 10.6 Å². The first-order valence-corrected chi connectivity index (χ1v) is 9.44. The third kappa shape index (κ3) is 3.57. The lowest BCUT2D eigenvalue weighted by Crippen LogP contribution is -2.34. The van der Waals surface area contributed by atoms with Gasteiger partial charge in [-0.15, -0.1) is 0 Å². The second kappa shape index (κ2) is 7.48. The van der Waals surface area contributed by atoms with Gasteiger partial charge in [0.1, 0.15) is 5.56 Å². The van der Waals surface area contributed by atoms with Crippen molar-refractivity contribution in [2.24, 2.45) is 0 Å². The first-order valence-electron chi connectivity index (χ1n) is 9.44. The molecular formula is C21H25N5O. The largest absolute Gasteiger partial charge is 0.345 e. The molecule has 0 N–H and O–H groups in total. The summed E-state index contributed by atoms with van der Waals surface area (Å²) in [4.78, 5) is 20.9. The first-order chi connectivity index (χ1) is 13.1. The number of hydrogen-bond acceptors (Lipinski definition) is 4. The van der Waals surface area contributed by atoms with E-state index in [-0.39, 0.29) is 5.91 Å². The smallest absolute Gasteiger partial charge is 0.258 e. The van der Waals surface area contributed by atoms with Gasteiger partial charge in [0.15, 0.2) is 5.65 Å². The second-order valence-electron chi connectivity index (χ2n) is 7.42. The van der Waals surface area contributed by atoms with E-state index in [1.54, 1.807) is 31.4 Å². The Morgan fingerprint density at radius 2 is 2.04 bits per heavy atom. The monoisotopic (exact) mass is 363 g/mol. The van der Waals surface area contributed by atoms with Crippen molar-refractivity contribution in [3.05, 3.63) is 65.6 Å². The molecule has 0 spiro atoms. The molecule has 4 rings (SSSR count). The van der Waals surface area contributed by atoms with E-state index in [2.05, 4.69) is 45.3 Å². The van der Waals surface area contributed by atoms with Crippen molar-refractivity contribution in [2.75, 3.05) is 27.2 Å². The third-order valence-electron chi connectivity index (χ3n) is 5.24. The maximum Gasteiger partial charge on any atom is 0.258 e. The molecular weight excluding hydrogens is 338 g/mol. The van der Waals surface area contributed by atoms with Crippen LogP contribution >= 0.6 is 0 Å². The number of benzene rings is 1. The fourth-order valence-electron chi connectivity index (χ4n) is 3.89. The lowest BCUT2D eigenvalue weighted by atomic mass is 9.94. The number of fused-ring (bicyclic) bond motifs is 1. The number of amides is 1. The Kier molecular flexibility index (Phi) is 4.90. The summed E-state index contributed by atoms with van der Waals surface area (Å²) >= 11 is 0. The SMILES string of the molecule is CN(C)C(=O)c1cnn2c(C3CCCN(Cc4ccccc4)C3)ccnc12.